The van der Waals surface area contributed by atoms with Crippen molar-refractivity contribution in [2.75, 3.05) is 20.2 Å². The molecule has 1 aliphatic rings. The summed E-state index contributed by atoms with van der Waals surface area (Å²) in [5, 5.41) is 0. The maximum Gasteiger partial charge on any atom is 0.123 e. The van der Waals surface area contributed by atoms with E-state index in [9.17, 15) is 0 Å². The smallest absolute Gasteiger partial charge is 0.123 e. The van der Waals surface area contributed by atoms with Crippen molar-refractivity contribution < 1.29 is 4.74 Å². The highest BCUT2D eigenvalue weighted by Crippen LogP contribution is 2.26. The van der Waals surface area contributed by atoms with Gasteiger partial charge in [-0.05, 0) is 24.6 Å². The topological polar surface area (TPSA) is 12.5 Å². The summed E-state index contributed by atoms with van der Waals surface area (Å²) in [5.41, 5.74) is 2.72. The van der Waals surface area contributed by atoms with Crippen LogP contribution in [0.1, 0.15) is 30.9 Å². The van der Waals surface area contributed by atoms with Crippen molar-refractivity contribution in [3.63, 3.8) is 0 Å². The lowest BCUT2D eigenvalue weighted by Gasteiger charge is -2.13. The zero-order valence-corrected chi connectivity index (χ0v) is 9.79. The average molecular weight is 205 g/mol. The fraction of sp³-hybridized carbons (Fsp3) is 0.538. The van der Waals surface area contributed by atoms with Gasteiger partial charge in [0.2, 0.25) is 0 Å². The third kappa shape index (κ3) is 2.32. The summed E-state index contributed by atoms with van der Waals surface area (Å²) in [6.07, 6.45) is 0. The average Bonchev–Trinajstić information content (AvgIpc) is 2.37. The molecule has 0 aliphatic carbocycles. The summed E-state index contributed by atoms with van der Waals surface area (Å²) in [4.78, 5) is 2.30. The molecule has 0 spiro atoms. The van der Waals surface area contributed by atoms with Crippen molar-refractivity contribution >= 4 is 0 Å². The largest absolute Gasteiger partial charge is 0.492 e. The van der Waals surface area contributed by atoms with E-state index in [2.05, 4.69) is 44.0 Å². The van der Waals surface area contributed by atoms with E-state index in [1.807, 2.05) is 0 Å². The molecule has 0 radical (unpaired) electrons. The number of likely N-dealkylation sites (N-methyl/N-ethyl adjacent to an activating group) is 1. The Kier molecular flexibility index (Phi) is 2.96. The summed E-state index contributed by atoms with van der Waals surface area (Å²) in [7, 11) is 2.14. The third-order valence-corrected chi connectivity index (χ3v) is 2.92. The van der Waals surface area contributed by atoms with E-state index in [-0.39, 0.29) is 0 Å². The Morgan fingerprint density at radius 3 is 2.87 bits per heavy atom. The summed E-state index contributed by atoms with van der Waals surface area (Å²) in [5.74, 6) is 1.65. The Bertz CT molecular complexity index is 346. The Hall–Kier alpha value is -1.02. The lowest BCUT2D eigenvalue weighted by molar-refractivity contribution is 0.259. The molecule has 0 unspecified atom stereocenters. The van der Waals surface area contributed by atoms with Gasteiger partial charge >= 0.3 is 0 Å². The van der Waals surface area contributed by atoms with E-state index < -0.39 is 0 Å². The molecule has 0 atom stereocenters. The Morgan fingerprint density at radius 1 is 1.33 bits per heavy atom. The highest BCUT2D eigenvalue weighted by atomic mass is 16.5. The summed E-state index contributed by atoms with van der Waals surface area (Å²) in [6, 6.07) is 6.57. The van der Waals surface area contributed by atoms with E-state index in [0.29, 0.717) is 5.92 Å². The molecular formula is C13H19NO. The first-order valence-electron chi connectivity index (χ1n) is 5.61. The minimum atomic E-state index is 0.587. The fourth-order valence-electron chi connectivity index (χ4n) is 1.90. The lowest BCUT2D eigenvalue weighted by Crippen LogP contribution is -2.20. The maximum atomic E-state index is 5.71. The molecule has 2 nitrogen and oxygen atoms in total. The van der Waals surface area contributed by atoms with E-state index in [1.54, 1.807) is 0 Å². The molecule has 15 heavy (non-hydrogen) atoms. The van der Waals surface area contributed by atoms with Crippen LogP contribution in [-0.2, 0) is 6.54 Å². The number of hydrogen-bond acceptors (Lipinski definition) is 2. The van der Waals surface area contributed by atoms with Crippen LogP contribution in [0.3, 0.4) is 0 Å². The molecule has 2 heteroatoms. The van der Waals surface area contributed by atoms with Gasteiger partial charge in [0.1, 0.15) is 12.4 Å². The molecule has 1 aromatic rings. The van der Waals surface area contributed by atoms with Gasteiger partial charge in [-0.2, -0.15) is 0 Å². The van der Waals surface area contributed by atoms with Crippen molar-refractivity contribution in [1.82, 2.24) is 4.90 Å². The zero-order chi connectivity index (χ0) is 10.8. The van der Waals surface area contributed by atoms with Crippen LogP contribution >= 0.6 is 0 Å². The predicted octanol–water partition coefficient (Wildman–Crippen LogP) is 2.63. The van der Waals surface area contributed by atoms with E-state index >= 15 is 0 Å². The molecule has 0 fully saturated rings. The van der Waals surface area contributed by atoms with E-state index in [0.717, 1.165) is 25.4 Å². The van der Waals surface area contributed by atoms with Gasteiger partial charge in [0, 0.05) is 18.7 Å². The van der Waals surface area contributed by atoms with Gasteiger partial charge in [-0.3, -0.25) is 4.90 Å². The van der Waals surface area contributed by atoms with Gasteiger partial charge in [-0.1, -0.05) is 26.0 Å². The standard InChI is InChI=1S/C13H19NO/c1-10(2)11-4-5-13-12(8-11)9-14(3)6-7-15-13/h4-5,8,10H,6-7,9H2,1-3H3. The monoisotopic (exact) mass is 205 g/mol. The van der Waals surface area contributed by atoms with Crippen molar-refractivity contribution in [3.05, 3.63) is 29.3 Å². The van der Waals surface area contributed by atoms with Crippen LogP contribution in [0.25, 0.3) is 0 Å². The van der Waals surface area contributed by atoms with Gasteiger partial charge in [0.05, 0.1) is 0 Å². The highest BCUT2D eigenvalue weighted by Gasteiger charge is 2.13. The third-order valence-electron chi connectivity index (χ3n) is 2.92. The van der Waals surface area contributed by atoms with Crippen LogP contribution in [0.15, 0.2) is 18.2 Å². The molecule has 1 heterocycles. The van der Waals surface area contributed by atoms with E-state index in [1.165, 1.54) is 11.1 Å². The molecule has 1 aliphatic heterocycles. The van der Waals surface area contributed by atoms with Crippen molar-refractivity contribution in [3.8, 4) is 5.75 Å². The van der Waals surface area contributed by atoms with Gasteiger partial charge < -0.3 is 4.74 Å². The first kappa shape index (κ1) is 10.5. The quantitative estimate of drug-likeness (QED) is 0.699. The molecule has 0 saturated carbocycles. The van der Waals surface area contributed by atoms with Gasteiger partial charge in [0.15, 0.2) is 0 Å². The SMILES string of the molecule is CC(C)c1ccc2c(c1)CN(C)CCO2. The Balaban J connectivity index is 2.33. The van der Waals surface area contributed by atoms with Crippen LogP contribution in [0, 0.1) is 0 Å². The fourth-order valence-corrected chi connectivity index (χ4v) is 1.90. The van der Waals surface area contributed by atoms with E-state index in [4.69, 9.17) is 4.74 Å². The second-order valence-corrected chi connectivity index (χ2v) is 4.61. The molecule has 0 bridgehead atoms. The number of benzene rings is 1. The summed E-state index contributed by atoms with van der Waals surface area (Å²) in [6.45, 7) is 7.25. The minimum Gasteiger partial charge on any atom is -0.492 e. The number of ether oxygens (including phenoxy) is 1. The first-order chi connectivity index (χ1) is 7.16. The molecule has 82 valence electrons. The number of fused-ring (bicyclic) bond motifs is 1. The molecule has 0 amide bonds. The molecule has 1 aromatic carbocycles. The predicted molar refractivity (Wildman–Crippen MR) is 62.4 cm³/mol. The van der Waals surface area contributed by atoms with Crippen LogP contribution in [0.5, 0.6) is 5.75 Å². The van der Waals surface area contributed by atoms with Gasteiger partial charge in [0.25, 0.3) is 0 Å². The summed E-state index contributed by atoms with van der Waals surface area (Å²) < 4.78 is 5.71. The number of rotatable bonds is 1. The second kappa shape index (κ2) is 4.23. The highest BCUT2D eigenvalue weighted by molar-refractivity contribution is 5.38. The number of hydrogen-bond donors (Lipinski definition) is 0. The Morgan fingerprint density at radius 2 is 2.13 bits per heavy atom. The lowest BCUT2D eigenvalue weighted by atomic mass is 10.00. The van der Waals surface area contributed by atoms with Crippen molar-refractivity contribution in [2.45, 2.75) is 26.3 Å². The normalized spacial score (nSPS) is 17.1. The van der Waals surface area contributed by atoms with Gasteiger partial charge in [-0.15, -0.1) is 0 Å². The van der Waals surface area contributed by atoms with Crippen molar-refractivity contribution in [1.29, 1.82) is 0 Å². The Labute approximate surface area is 91.9 Å². The first-order valence-corrected chi connectivity index (χ1v) is 5.61. The van der Waals surface area contributed by atoms with Crippen molar-refractivity contribution in [2.24, 2.45) is 0 Å². The number of nitrogens with zero attached hydrogens (tertiary/aromatic N) is 1. The minimum absolute atomic E-state index is 0.587. The van der Waals surface area contributed by atoms with Crippen LogP contribution in [-0.4, -0.2) is 25.1 Å². The van der Waals surface area contributed by atoms with Crippen LogP contribution < -0.4 is 4.74 Å². The molecular weight excluding hydrogens is 186 g/mol. The maximum absolute atomic E-state index is 5.71. The summed E-state index contributed by atoms with van der Waals surface area (Å²) >= 11 is 0. The molecule has 0 saturated heterocycles. The zero-order valence-electron chi connectivity index (χ0n) is 9.79. The second-order valence-electron chi connectivity index (χ2n) is 4.61. The molecule has 0 aromatic heterocycles. The molecule has 2 rings (SSSR count). The van der Waals surface area contributed by atoms with Gasteiger partial charge in [-0.25, -0.2) is 0 Å². The van der Waals surface area contributed by atoms with Crippen LogP contribution in [0.4, 0.5) is 0 Å². The van der Waals surface area contributed by atoms with Crippen LogP contribution in [0.2, 0.25) is 0 Å². The molecule has 0 N–H and O–H groups in total.